The summed E-state index contributed by atoms with van der Waals surface area (Å²) in [4.78, 5) is 29.5. The van der Waals surface area contributed by atoms with Crippen molar-refractivity contribution in [2.24, 2.45) is 11.8 Å². The second kappa shape index (κ2) is 12.5. The molecule has 188 valence electrons. The number of benzene rings is 2. The Morgan fingerprint density at radius 3 is 2.46 bits per heavy atom. The van der Waals surface area contributed by atoms with E-state index in [2.05, 4.69) is 19.9 Å². The van der Waals surface area contributed by atoms with E-state index in [-0.39, 0.29) is 23.7 Å². The molecular weight excluding hydrogens is 443 g/mol. The lowest BCUT2D eigenvalue weighted by molar-refractivity contribution is -0.135. The molecule has 1 saturated heterocycles. The number of piperidine rings is 1. The van der Waals surface area contributed by atoms with Gasteiger partial charge in [-0.3, -0.25) is 9.59 Å². The summed E-state index contributed by atoms with van der Waals surface area (Å²) in [5.74, 6) is 1.24. The largest absolute Gasteiger partial charge is 0.497 e. The number of hydrogen-bond donors (Lipinski definition) is 0. The lowest BCUT2D eigenvalue weighted by Crippen LogP contribution is -2.48. The number of hydrogen-bond acceptors (Lipinski definition) is 3. The molecule has 1 aliphatic heterocycles. The highest BCUT2D eigenvalue weighted by molar-refractivity contribution is 5.91. The van der Waals surface area contributed by atoms with E-state index >= 15 is 0 Å². The predicted molar refractivity (Wildman–Crippen MR) is 137 cm³/mol. The van der Waals surface area contributed by atoms with Crippen molar-refractivity contribution in [3.05, 3.63) is 71.6 Å². The molecule has 6 heteroatoms. The Hall–Kier alpha value is -3.15. The predicted octanol–water partition coefficient (Wildman–Crippen LogP) is 5.20. The highest BCUT2D eigenvalue weighted by Gasteiger charge is 2.32. The molecule has 0 N–H and O–H groups in total. The van der Waals surface area contributed by atoms with Gasteiger partial charge in [-0.15, -0.1) is 0 Å². The van der Waals surface area contributed by atoms with Gasteiger partial charge in [0.15, 0.2) is 0 Å². The molecule has 2 aromatic rings. The van der Waals surface area contributed by atoms with Crippen molar-refractivity contribution in [3.63, 3.8) is 0 Å². The van der Waals surface area contributed by atoms with Gasteiger partial charge in [0, 0.05) is 38.7 Å². The first kappa shape index (κ1) is 26.5. The van der Waals surface area contributed by atoms with Crippen molar-refractivity contribution in [1.82, 2.24) is 9.80 Å². The highest BCUT2D eigenvalue weighted by atomic mass is 19.1. The average molecular weight is 481 g/mol. The number of carbonyl (C=O) groups is 2. The minimum absolute atomic E-state index is 0.0404. The standard InChI is InChI=1S/C29H37FN2O3/c1-21(2)18-29(34)31(3)27(20-23-6-5-7-26(19-23)35-4)24-14-16-32(17-15-24)28(33)13-10-22-8-11-25(30)12-9-22/h5-13,19,21,24,27H,14-18,20H2,1-4H3/b13-10+/t27-/m0/s1. The number of halogens is 1. The number of likely N-dealkylation sites (tertiary alicyclic amines) is 1. The van der Waals surface area contributed by atoms with Crippen molar-refractivity contribution in [2.45, 2.75) is 45.6 Å². The summed E-state index contributed by atoms with van der Waals surface area (Å²) in [5, 5.41) is 0. The van der Waals surface area contributed by atoms with Crippen LogP contribution in [-0.2, 0) is 16.0 Å². The summed E-state index contributed by atoms with van der Waals surface area (Å²) in [5.41, 5.74) is 1.93. The molecule has 0 aromatic heterocycles. The molecule has 1 fully saturated rings. The molecule has 3 rings (SSSR count). The van der Waals surface area contributed by atoms with E-state index in [1.165, 1.54) is 12.1 Å². The molecule has 0 unspecified atom stereocenters. The quantitative estimate of drug-likeness (QED) is 0.464. The zero-order chi connectivity index (χ0) is 25.4. The molecule has 0 aliphatic carbocycles. The molecule has 1 atom stereocenters. The van der Waals surface area contributed by atoms with E-state index in [9.17, 15) is 14.0 Å². The summed E-state index contributed by atoms with van der Waals surface area (Å²) >= 11 is 0. The number of rotatable bonds is 9. The van der Waals surface area contributed by atoms with Crippen LogP contribution in [0, 0.1) is 17.7 Å². The second-order valence-electron chi connectivity index (χ2n) is 9.77. The zero-order valence-electron chi connectivity index (χ0n) is 21.2. The Morgan fingerprint density at radius 1 is 1.14 bits per heavy atom. The van der Waals surface area contributed by atoms with E-state index in [0.717, 1.165) is 36.1 Å². The third kappa shape index (κ3) is 7.67. The van der Waals surface area contributed by atoms with E-state index < -0.39 is 0 Å². The van der Waals surface area contributed by atoms with E-state index in [1.807, 2.05) is 35.0 Å². The molecule has 5 nitrogen and oxygen atoms in total. The van der Waals surface area contributed by atoms with Gasteiger partial charge in [0.05, 0.1) is 7.11 Å². The normalized spacial score (nSPS) is 15.4. The van der Waals surface area contributed by atoms with Crippen LogP contribution in [0.2, 0.25) is 0 Å². The fraction of sp³-hybridized carbons (Fsp3) is 0.448. The first-order chi connectivity index (χ1) is 16.8. The second-order valence-corrected chi connectivity index (χ2v) is 9.77. The number of carbonyl (C=O) groups excluding carboxylic acids is 2. The topological polar surface area (TPSA) is 49.9 Å². The molecule has 1 heterocycles. The van der Waals surface area contributed by atoms with Gasteiger partial charge >= 0.3 is 0 Å². The maximum Gasteiger partial charge on any atom is 0.246 e. The fourth-order valence-corrected chi connectivity index (χ4v) is 4.69. The van der Waals surface area contributed by atoms with Gasteiger partial charge in [-0.1, -0.05) is 38.1 Å². The zero-order valence-corrected chi connectivity index (χ0v) is 21.2. The van der Waals surface area contributed by atoms with Gasteiger partial charge in [-0.2, -0.15) is 0 Å². The number of likely N-dealkylation sites (N-methyl/N-ethyl adjacent to an activating group) is 1. The Labute approximate surface area is 208 Å². The smallest absolute Gasteiger partial charge is 0.246 e. The van der Waals surface area contributed by atoms with Crippen LogP contribution in [0.1, 0.15) is 44.2 Å². The Bertz CT molecular complexity index is 1010. The Kier molecular flexibility index (Phi) is 9.47. The number of methoxy groups -OCH3 is 1. The van der Waals surface area contributed by atoms with Crippen molar-refractivity contribution in [2.75, 3.05) is 27.2 Å². The van der Waals surface area contributed by atoms with Crippen molar-refractivity contribution in [3.8, 4) is 5.75 Å². The van der Waals surface area contributed by atoms with E-state index in [4.69, 9.17) is 4.74 Å². The molecule has 35 heavy (non-hydrogen) atoms. The summed E-state index contributed by atoms with van der Waals surface area (Å²) < 4.78 is 18.5. The van der Waals surface area contributed by atoms with Crippen LogP contribution in [-0.4, -0.2) is 54.9 Å². The van der Waals surface area contributed by atoms with Gasteiger partial charge in [0.2, 0.25) is 11.8 Å². The van der Waals surface area contributed by atoms with Crippen LogP contribution in [0.4, 0.5) is 4.39 Å². The number of nitrogens with zero attached hydrogens (tertiary/aromatic N) is 2. The van der Waals surface area contributed by atoms with E-state index in [1.54, 1.807) is 31.4 Å². The number of amides is 2. The lowest BCUT2D eigenvalue weighted by Gasteiger charge is -2.40. The molecule has 2 aromatic carbocycles. The van der Waals surface area contributed by atoms with Crippen molar-refractivity contribution in [1.29, 1.82) is 0 Å². The Balaban J connectivity index is 1.67. The minimum Gasteiger partial charge on any atom is -0.497 e. The third-order valence-electron chi connectivity index (χ3n) is 6.74. The minimum atomic E-state index is -0.295. The van der Waals surface area contributed by atoms with Crippen LogP contribution in [0.3, 0.4) is 0 Å². The average Bonchev–Trinajstić information content (AvgIpc) is 2.86. The number of ether oxygens (including phenoxy) is 1. The van der Waals surface area contributed by atoms with Crippen molar-refractivity contribution >= 4 is 17.9 Å². The first-order valence-corrected chi connectivity index (χ1v) is 12.4. The summed E-state index contributed by atoms with van der Waals surface area (Å²) in [6, 6.07) is 14.1. The van der Waals surface area contributed by atoms with Crippen LogP contribution >= 0.6 is 0 Å². The Morgan fingerprint density at radius 2 is 1.83 bits per heavy atom. The van der Waals surface area contributed by atoms with Gasteiger partial charge in [-0.25, -0.2) is 4.39 Å². The van der Waals surface area contributed by atoms with Gasteiger partial charge < -0.3 is 14.5 Å². The molecule has 2 amide bonds. The fourth-order valence-electron chi connectivity index (χ4n) is 4.69. The summed E-state index contributed by atoms with van der Waals surface area (Å²) in [6.07, 6.45) is 6.22. The van der Waals surface area contributed by atoms with Crippen LogP contribution in [0.25, 0.3) is 6.08 Å². The third-order valence-corrected chi connectivity index (χ3v) is 6.74. The molecule has 0 saturated carbocycles. The van der Waals surface area contributed by atoms with Gasteiger partial charge in [0.25, 0.3) is 0 Å². The van der Waals surface area contributed by atoms with Crippen LogP contribution in [0.15, 0.2) is 54.6 Å². The lowest BCUT2D eigenvalue weighted by atomic mass is 9.84. The van der Waals surface area contributed by atoms with Gasteiger partial charge in [-0.05, 0) is 72.6 Å². The van der Waals surface area contributed by atoms with Crippen molar-refractivity contribution < 1.29 is 18.7 Å². The summed E-state index contributed by atoms with van der Waals surface area (Å²) in [7, 11) is 3.57. The molecule has 1 aliphatic rings. The maximum atomic E-state index is 13.1. The van der Waals surface area contributed by atoms with E-state index in [0.29, 0.717) is 31.3 Å². The monoisotopic (exact) mass is 480 g/mol. The van der Waals surface area contributed by atoms with Gasteiger partial charge in [0.1, 0.15) is 11.6 Å². The SMILES string of the molecule is COc1cccc(C[C@@H](C2CCN(C(=O)/C=C/c3ccc(F)cc3)CC2)N(C)C(=O)CC(C)C)c1. The highest BCUT2D eigenvalue weighted by Crippen LogP contribution is 2.28. The molecule has 0 bridgehead atoms. The van der Waals surface area contributed by atoms with Crippen LogP contribution in [0.5, 0.6) is 5.75 Å². The molecule has 0 radical (unpaired) electrons. The molecular formula is C29H37FN2O3. The maximum absolute atomic E-state index is 13.1. The van der Waals surface area contributed by atoms with Crippen LogP contribution < -0.4 is 4.74 Å². The first-order valence-electron chi connectivity index (χ1n) is 12.4. The molecule has 0 spiro atoms. The summed E-state index contributed by atoms with van der Waals surface area (Å²) in [6.45, 7) is 5.43.